The molecular weight excluding hydrogens is 362 g/mol. The van der Waals surface area contributed by atoms with Crippen molar-refractivity contribution in [2.24, 2.45) is 0 Å². The minimum Gasteiger partial charge on any atom is -0.313 e. The predicted molar refractivity (Wildman–Crippen MR) is 97.3 cm³/mol. The summed E-state index contributed by atoms with van der Waals surface area (Å²) in [5.41, 5.74) is 1.26. The zero-order valence-electron chi connectivity index (χ0n) is 13.7. The quantitative estimate of drug-likeness (QED) is 0.507. The van der Waals surface area contributed by atoms with Crippen molar-refractivity contribution in [3.63, 3.8) is 0 Å². The Kier molecular flexibility index (Phi) is 4.21. The number of aromatic nitrogens is 1. The van der Waals surface area contributed by atoms with Gasteiger partial charge in [-0.1, -0.05) is 11.6 Å². The third-order valence-electron chi connectivity index (χ3n) is 4.28. The van der Waals surface area contributed by atoms with Crippen molar-refractivity contribution < 1.29 is 9.85 Å². The van der Waals surface area contributed by atoms with Crippen LogP contribution in [0, 0.1) is 34.1 Å². The summed E-state index contributed by atoms with van der Waals surface area (Å²) < 4.78 is 1.70. The van der Waals surface area contributed by atoms with E-state index in [4.69, 9.17) is 11.6 Å². The van der Waals surface area contributed by atoms with Gasteiger partial charge in [0.05, 0.1) is 20.7 Å². The number of nitrogens with zero attached hydrogens (tertiary/aromatic N) is 3. The fourth-order valence-corrected chi connectivity index (χ4v) is 3.06. The zero-order chi connectivity index (χ0) is 19.2. The van der Waals surface area contributed by atoms with Gasteiger partial charge in [-0.25, -0.2) is 0 Å². The monoisotopic (exact) mass is 373 g/mol. The van der Waals surface area contributed by atoms with Crippen molar-refractivity contribution in [2.75, 3.05) is 0 Å². The number of halogens is 1. The maximum Gasteiger partial charge on any atom is 0.288 e. The van der Waals surface area contributed by atoms with E-state index in [0.717, 1.165) is 6.07 Å². The van der Waals surface area contributed by atoms with Crippen LogP contribution in [-0.4, -0.2) is 14.4 Å². The lowest BCUT2D eigenvalue weighted by molar-refractivity contribution is -0.384. The minimum atomic E-state index is -0.646. The normalized spacial score (nSPS) is 10.9. The maximum absolute atomic E-state index is 12.6. The van der Waals surface area contributed by atoms with Crippen LogP contribution < -0.4 is 5.43 Å². The highest BCUT2D eigenvalue weighted by molar-refractivity contribution is 6.33. The Hall–Kier alpha value is -3.26. The molecule has 0 aliphatic heterocycles. The van der Waals surface area contributed by atoms with Crippen molar-refractivity contribution >= 4 is 33.9 Å². The predicted octanol–water partition coefficient (Wildman–Crippen LogP) is 4.08. The summed E-state index contributed by atoms with van der Waals surface area (Å²) in [6.07, 6.45) is 0. The summed E-state index contributed by atoms with van der Waals surface area (Å²) in [6.45, 7) is 3.35. The van der Waals surface area contributed by atoms with E-state index in [9.17, 15) is 25.0 Å². The molecule has 0 radical (unpaired) electrons. The molecule has 0 N–H and O–H groups in total. The van der Waals surface area contributed by atoms with Gasteiger partial charge in [-0.15, -0.1) is 0 Å². The van der Waals surface area contributed by atoms with Crippen LogP contribution in [0.5, 0.6) is 0 Å². The van der Waals surface area contributed by atoms with Gasteiger partial charge in [0.2, 0.25) is 0 Å². The smallest absolute Gasteiger partial charge is 0.288 e. The Bertz CT molecular complexity index is 1140. The Balaban J connectivity index is 2.41. The molecule has 132 valence electrons. The Labute approximate surface area is 151 Å². The lowest BCUT2D eigenvalue weighted by atomic mass is 10.1. The standard InChI is InChI=1S/C17H12ClN3O5/c1-9-10(2)19(11-3-5-12(6-4-11)20(23)24)15-8-14(18)16(21(25)26)7-13(15)17(9)22/h3-8H,1-2H3. The molecule has 0 fully saturated rings. The number of benzene rings is 2. The first-order chi connectivity index (χ1) is 12.2. The second-order valence-corrected chi connectivity index (χ2v) is 6.13. The molecule has 0 spiro atoms. The van der Waals surface area contributed by atoms with Crippen LogP contribution in [-0.2, 0) is 0 Å². The number of hydrogen-bond donors (Lipinski definition) is 0. The summed E-state index contributed by atoms with van der Waals surface area (Å²) in [7, 11) is 0. The van der Waals surface area contributed by atoms with Crippen LogP contribution in [0.1, 0.15) is 11.3 Å². The summed E-state index contributed by atoms with van der Waals surface area (Å²) >= 11 is 6.02. The van der Waals surface area contributed by atoms with E-state index in [0.29, 0.717) is 22.5 Å². The van der Waals surface area contributed by atoms with E-state index in [1.165, 1.54) is 18.2 Å². The molecule has 0 amide bonds. The van der Waals surface area contributed by atoms with Gasteiger partial charge in [-0.05, 0) is 32.0 Å². The van der Waals surface area contributed by atoms with Crippen molar-refractivity contribution in [3.05, 3.63) is 83.1 Å². The van der Waals surface area contributed by atoms with E-state index in [1.807, 2.05) is 0 Å². The zero-order valence-corrected chi connectivity index (χ0v) is 14.5. The molecule has 0 saturated carbocycles. The molecular formula is C17H12ClN3O5. The topological polar surface area (TPSA) is 108 Å². The largest absolute Gasteiger partial charge is 0.313 e. The van der Waals surface area contributed by atoms with E-state index in [1.54, 1.807) is 30.5 Å². The Morgan fingerprint density at radius 1 is 1.00 bits per heavy atom. The van der Waals surface area contributed by atoms with E-state index < -0.39 is 9.85 Å². The van der Waals surface area contributed by atoms with Gasteiger partial charge in [-0.2, -0.15) is 0 Å². The first-order valence-electron chi connectivity index (χ1n) is 7.47. The highest BCUT2D eigenvalue weighted by Crippen LogP contribution is 2.31. The van der Waals surface area contributed by atoms with Crippen molar-refractivity contribution in [3.8, 4) is 5.69 Å². The van der Waals surface area contributed by atoms with E-state index >= 15 is 0 Å². The van der Waals surface area contributed by atoms with Crippen LogP contribution in [0.4, 0.5) is 11.4 Å². The number of nitro benzene ring substituents is 2. The van der Waals surface area contributed by atoms with E-state index in [2.05, 4.69) is 0 Å². The second-order valence-electron chi connectivity index (χ2n) is 5.73. The second kappa shape index (κ2) is 6.23. The average molecular weight is 374 g/mol. The summed E-state index contributed by atoms with van der Waals surface area (Å²) in [6, 6.07) is 8.31. The van der Waals surface area contributed by atoms with Crippen LogP contribution in [0.15, 0.2) is 41.2 Å². The Morgan fingerprint density at radius 2 is 1.62 bits per heavy atom. The first kappa shape index (κ1) is 17.6. The van der Waals surface area contributed by atoms with Gasteiger partial charge in [0.25, 0.3) is 11.4 Å². The van der Waals surface area contributed by atoms with Crippen LogP contribution in [0.3, 0.4) is 0 Å². The van der Waals surface area contributed by atoms with Gasteiger partial charge in [0.1, 0.15) is 5.02 Å². The lowest BCUT2D eigenvalue weighted by Crippen LogP contribution is -2.16. The van der Waals surface area contributed by atoms with Gasteiger partial charge in [0.15, 0.2) is 5.43 Å². The number of non-ortho nitro benzene ring substituents is 1. The molecule has 8 nitrogen and oxygen atoms in total. The van der Waals surface area contributed by atoms with Crippen molar-refractivity contribution in [2.45, 2.75) is 13.8 Å². The fourth-order valence-electron chi connectivity index (χ4n) is 2.83. The summed E-state index contributed by atoms with van der Waals surface area (Å²) in [5.74, 6) is 0. The molecule has 3 rings (SSSR count). The number of hydrogen-bond acceptors (Lipinski definition) is 5. The molecule has 0 aliphatic carbocycles. The van der Waals surface area contributed by atoms with Crippen LogP contribution >= 0.6 is 11.6 Å². The van der Waals surface area contributed by atoms with E-state index in [-0.39, 0.29) is 27.2 Å². The molecule has 26 heavy (non-hydrogen) atoms. The molecule has 3 aromatic rings. The number of fused-ring (bicyclic) bond motifs is 1. The summed E-state index contributed by atoms with van der Waals surface area (Å²) in [4.78, 5) is 33.4. The molecule has 0 saturated heterocycles. The van der Waals surface area contributed by atoms with Gasteiger partial charge < -0.3 is 4.57 Å². The molecule has 2 aromatic carbocycles. The van der Waals surface area contributed by atoms with Gasteiger partial charge >= 0.3 is 0 Å². The van der Waals surface area contributed by atoms with Crippen LogP contribution in [0.2, 0.25) is 5.02 Å². The maximum atomic E-state index is 12.6. The highest BCUT2D eigenvalue weighted by atomic mass is 35.5. The molecule has 1 heterocycles. The first-order valence-corrected chi connectivity index (χ1v) is 7.85. The lowest BCUT2D eigenvalue weighted by Gasteiger charge is -2.17. The van der Waals surface area contributed by atoms with Crippen LogP contribution in [0.25, 0.3) is 16.6 Å². The molecule has 1 aromatic heterocycles. The van der Waals surface area contributed by atoms with Gasteiger partial charge in [0, 0.05) is 35.1 Å². The van der Waals surface area contributed by atoms with Gasteiger partial charge in [-0.3, -0.25) is 25.0 Å². The number of nitro groups is 2. The van der Waals surface area contributed by atoms with Crippen molar-refractivity contribution in [1.29, 1.82) is 0 Å². The Morgan fingerprint density at radius 3 is 2.15 bits per heavy atom. The average Bonchev–Trinajstić information content (AvgIpc) is 2.60. The highest BCUT2D eigenvalue weighted by Gasteiger charge is 2.20. The fraction of sp³-hybridized carbons (Fsp3) is 0.118. The molecule has 0 unspecified atom stereocenters. The molecule has 0 aliphatic rings. The third-order valence-corrected chi connectivity index (χ3v) is 4.59. The number of pyridine rings is 1. The SMILES string of the molecule is Cc1c(C)n(-c2ccc([N+](=O)[O-])cc2)c2cc(Cl)c([N+](=O)[O-])cc2c1=O. The third kappa shape index (κ3) is 2.70. The van der Waals surface area contributed by atoms with Crippen molar-refractivity contribution in [1.82, 2.24) is 4.57 Å². The minimum absolute atomic E-state index is 0.0675. The molecule has 0 bridgehead atoms. The molecule has 9 heteroatoms. The summed E-state index contributed by atoms with van der Waals surface area (Å²) in [5, 5.41) is 22.0. The number of rotatable bonds is 3. The molecule has 0 atom stereocenters.